The highest BCUT2D eigenvalue weighted by atomic mass is 16.6. The van der Waals surface area contributed by atoms with Gasteiger partial charge in [0, 0.05) is 6.42 Å². The normalized spacial score (nSPS) is 20.3. The lowest BCUT2D eigenvalue weighted by Crippen LogP contribution is -2.55. The Kier molecular flexibility index (Phi) is 5.17. The minimum absolute atomic E-state index is 0.184. The topological polar surface area (TPSA) is 129 Å². The van der Waals surface area contributed by atoms with Crippen LogP contribution in [0.15, 0.2) is 41.2 Å². The van der Waals surface area contributed by atoms with Crippen molar-refractivity contribution < 1.29 is 9.66 Å². The van der Waals surface area contributed by atoms with E-state index in [2.05, 4.69) is 17.2 Å². The summed E-state index contributed by atoms with van der Waals surface area (Å²) in [6.45, 7) is 2.79. The Morgan fingerprint density at radius 1 is 1.39 bits per heavy atom. The van der Waals surface area contributed by atoms with Crippen LogP contribution in [0.4, 0.5) is 0 Å². The van der Waals surface area contributed by atoms with Crippen LogP contribution in [0.25, 0.3) is 0 Å². The zero-order valence-corrected chi connectivity index (χ0v) is 13.0. The molecule has 8 heteroatoms. The molecule has 124 valence electrons. The average molecular weight is 319 g/mol. The number of nitrogens with one attached hydrogen (secondary N) is 1. The van der Waals surface area contributed by atoms with Gasteiger partial charge >= 0.3 is 5.70 Å². The zero-order valence-electron chi connectivity index (χ0n) is 13.0. The Labute approximate surface area is 134 Å². The molecule has 1 aliphatic rings. The highest BCUT2D eigenvalue weighted by Gasteiger charge is 2.32. The largest absolute Gasteiger partial charge is 0.494 e. The van der Waals surface area contributed by atoms with Crippen LogP contribution in [0.5, 0.6) is 5.75 Å². The summed E-state index contributed by atoms with van der Waals surface area (Å²) in [5.74, 6) is -0.590. The first-order valence-corrected chi connectivity index (χ1v) is 7.42. The number of benzene rings is 1. The van der Waals surface area contributed by atoms with Crippen molar-refractivity contribution >= 4 is 5.84 Å². The van der Waals surface area contributed by atoms with E-state index in [1.807, 2.05) is 24.3 Å². The van der Waals surface area contributed by atoms with Crippen LogP contribution in [0.3, 0.4) is 0 Å². The summed E-state index contributed by atoms with van der Waals surface area (Å²) in [7, 11) is 0. The Balaban J connectivity index is 2.01. The Morgan fingerprint density at radius 2 is 2.09 bits per heavy atom. The number of rotatable bonds is 7. The van der Waals surface area contributed by atoms with Crippen LogP contribution in [-0.2, 0) is 6.42 Å². The minimum Gasteiger partial charge on any atom is -0.494 e. The molecule has 1 aromatic rings. The summed E-state index contributed by atoms with van der Waals surface area (Å²) in [6.07, 6.45) is 3.62. The lowest BCUT2D eigenvalue weighted by molar-refractivity contribution is -0.416. The Hall–Kier alpha value is -2.61. The van der Waals surface area contributed by atoms with E-state index in [0.29, 0.717) is 13.0 Å². The van der Waals surface area contributed by atoms with Crippen LogP contribution >= 0.6 is 0 Å². The SMILES string of the molecule is CCCCOc1ccc(CC2(N)N=C(N)C([N+](=O)[O-])=CN2)cc1. The Morgan fingerprint density at radius 3 is 2.65 bits per heavy atom. The lowest BCUT2D eigenvalue weighted by atomic mass is 10.1. The third-order valence-electron chi connectivity index (χ3n) is 3.40. The maximum atomic E-state index is 10.8. The summed E-state index contributed by atoms with van der Waals surface area (Å²) >= 11 is 0. The van der Waals surface area contributed by atoms with Gasteiger partial charge in [0.05, 0.1) is 17.7 Å². The molecule has 0 spiro atoms. The number of unbranched alkanes of at least 4 members (excludes halogenated alkanes) is 1. The van der Waals surface area contributed by atoms with Crippen molar-refractivity contribution in [2.45, 2.75) is 32.0 Å². The van der Waals surface area contributed by atoms with E-state index in [9.17, 15) is 10.1 Å². The van der Waals surface area contributed by atoms with Gasteiger partial charge in [0.1, 0.15) is 5.75 Å². The molecule has 5 N–H and O–H groups in total. The molecule has 1 aliphatic heterocycles. The van der Waals surface area contributed by atoms with Gasteiger partial charge in [-0.1, -0.05) is 25.5 Å². The van der Waals surface area contributed by atoms with E-state index in [0.717, 1.165) is 24.2 Å². The molecule has 0 saturated heterocycles. The molecule has 0 amide bonds. The molecular weight excluding hydrogens is 298 g/mol. The zero-order chi connectivity index (χ0) is 16.9. The smallest absolute Gasteiger partial charge is 0.326 e. The van der Waals surface area contributed by atoms with Crippen LogP contribution in [-0.4, -0.2) is 23.2 Å². The molecule has 0 fully saturated rings. The average Bonchev–Trinajstić information content (AvgIpc) is 2.48. The molecule has 0 aromatic heterocycles. The standard InChI is InChI=1S/C15H21N5O3/c1-2-3-8-23-12-6-4-11(5-7-12)9-15(17)18-10-13(20(21)22)14(16)19-15/h4-7,10,18H,2-3,8-9,17H2,1H3,(H2,16,19). The number of nitrogens with zero attached hydrogens (tertiary/aromatic N) is 2. The van der Waals surface area contributed by atoms with E-state index in [1.165, 1.54) is 6.20 Å². The third kappa shape index (κ3) is 4.43. The van der Waals surface area contributed by atoms with Crippen LogP contribution in [0.2, 0.25) is 0 Å². The van der Waals surface area contributed by atoms with Gasteiger partial charge in [0.25, 0.3) is 0 Å². The van der Waals surface area contributed by atoms with Gasteiger partial charge in [-0.2, -0.15) is 0 Å². The number of amidine groups is 1. The lowest BCUT2D eigenvalue weighted by Gasteiger charge is -2.28. The van der Waals surface area contributed by atoms with Crippen LogP contribution in [0, 0.1) is 10.1 Å². The van der Waals surface area contributed by atoms with E-state index in [4.69, 9.17) is 16.2 Å². The molecule has 8 nitrogen and oxygen atoms in total. The maximum Gasteiger partial charge on any atom is 0.326 e. The molecule has 1 atom stereocenters. The van der Waals surface area contributed by atoms with E-state index in [1.54, 1.807) is 0 Å². The number of ether oxygens (including phenoxy) is 1. The van der Waals surface area contributed by atoms with Crippen molar-refractivity contribution in [1.29, 1.82) is 0 Å². The fraction of sp³-hybridized carbons (Fsp3) is 0.400. The van der Waals surface area contributed by atoms with E-state index in [-0.39, 0.29) is 11.5 Å². The van der Waals surface area contributed by atoms with Crippen molar-refractivity contribution in [1.82, 2.24) is 5.32 Å². The quantitative estimate of drug-likeness (QED) is 0.392. The van der Waals surface area contributed by atoms with Crippen LogP contribution < -0.4 is 21.5 Å². The number of nitro groups is 1. The van der Waals surface area contributed by atoms with Gasteiger partial charge in [0.2, 0.25) is 5.84 Å². The summed E-state index contributed by atoms with van der Waals surface area (Å²) in [5.41, 5.74) is 12.3. The number of hydrogen-bond acceptors (Lipinski definition) is 7. The highest BCUT2D eigenvalue weighted by Crippen LogP contribution is 2.18. The van der Waals surface area contributed by atoms with Gasteiger partial charge in [0.15, 0.2) is 5.79 Å². The van der Waals surface area contributed by atoms with Gasteiger partial charge in [-0.3, -0.25) is 15.8 Å². The van der Waals surface area contributed by atoms with Crippen LogP contribution in [0.1, 0.15) is 25.3 Å². The van der Waals surface area contributed by atoms with Gasteiger partial charge in [-0.25, -0.2) is 4.99 Å². The Bertz CT molecular complexity index is 627. The van der Waals surface area contributed by atoms with Gasteiger partial charge in [-0.15, -0.1) is 0 Å². The van der Waals surface area contributed by atoms with E-state index < -0.39 is 10.7 Å². The first kappa shape index (κ1) is 16.8. The number of nitrogens with two attached hydrogens (primary N) is 2. The van der Waals surface area contributed by atoms with Gasteiger partial charge < -0.3 is 15.8 Å². The molecule has 0 radical (unpaired) electrons. The first-order valence-electron chi connectivity index (χ1n) is 7.42. The maximum absolute atomic E-state index is 10.8. The number of aliphatic imine (C=N–C) groups is 1. The highest BCUT2D eigenvalue weighted by molar-refractivity contribution is 5.95. The predicted octanol–water partition coefficient (Wildman–Crippen LogP) is 1.10. The molecule has 0 aliphatic carbocycles. The minimum atomic E-state index is -1.20. The van der Waals surface area contributed by atoms with Crippen molar-refractivity contribution in [3.8, 4) is 5.75 Å². The number of hydrogen-bond donors (Lipinski definition) is 3. The summed E-state index contributed by atoms with van der Waals surface area (Å²) in [6, 6.07) is 7.50. The molecule has 2 rings (SSSR count). The summed E-state index contributed by atoms with van der Waals surface area (Å²) in [4.78, 5) is 14.2. The summed E-state index contributed by atoms with van der Waals surface area (Å²) in [5, 5.41) is 13.5. The monoisotopic (exact) mass is 319 g/mol. The predicted molar refractivity (Wildman–Crippen MR) is 87.3 cm³/mol. The molecule has 0 bridgehead atoms. The first-order chi connectivity index (χ1) is 10.9. The molecule has 0 saturated carbocycles. The second-order valence-electron chi connectivity index (χ2n) is 5.38. The molecule has 1 aromatic carbocycles. The molecule has 23 heavy (non-hydrogen) atoms. The molecule has 1 unspecified atom stereocenters. The molecular formula is C15H21N5O3. The second kappa shape index (κ2) is 7.10. The van der Waals surface area contributed by atoms with Gasteiger partial charge in [-0.05, 0) is 24.1 Å². The summed E-state index contributed by atoms with van der Waals surface area (Å²) < 4.78 is 5.60. The third-order valence-corrected chi connectivity index (χ3v) is 3.40. The fourth-order valence-electron chi connectivity index (χ4n) is 2.16. The fourth-order valence-corrected chi connectivity index (χ4v) is 2.16. The van der Waals surface area contributed by atoms with Crippen molar-refractivity contribution in [2.75, 3.05) is 6.61 Å². The van der Waals surface area contributed by atoms with Crippen molar-refractivity contribution in [2.24, 2.45) is 16.5 Å². The van der Waals surface area contributed by atoms with Crippen molar-refractivity contribution in [3.63, 3.8) is 0 Å². The second-order valence-corrected chi connectivity index (χ2v) is 5.38. The van der Waals surface area contributed by atoms with E-state index >= 15 is 0 Å². The van der Waals surface area contributed by atoms with Crippen molar-refractivity contribution in [3.05, 3.63) is 51.8 Å². The molecule has 1 heterocycles.